The van der Waals surface area contributed by atoms with E-state index >= 15 is 0 Å². The fourth-order valence-electron chi connectivity index (χ4n) is 1.54. The number of carbonyl (C=O) groups is 1. The molecule has 0 atom stereocenters. The van der Waals surface area contributed by atoms with Crippen molar-refractivity contribution in [1.82, 2.24) is 5.32 Å². The van der Waals surface area contributed by atoms with Crippen LogP contribution >= 0.6 is 0 Å². The molecule has 1 N–H and O–H groups in total. The molecule has 4 nitrogen and oxygen atoms in total. The Hall–Kier alpha value is -1.55. The number of rotatable bonds is 3. The highest BCUT2D eigenvalue weighted by atomic mass is 16.6. The Morgan fingerprint density at radius 2 is 1.83 bits per heavy atom. The van der Waals surface area contributed by atoms with Crippen molar-refractivity contribution in [2.75, 3.05) is 13.1 Å². The zero-order chi connectivity index (χ0) is 13.2. The van der Waals surface area contributed by atoms with Crippen LogP contribution in [-0.2, 0) is 4.74 Å². The van der Waals surface area contributed by atoms with E-state index in [4.69, 9.17) is 9.47 Å². The highest BCUT2D eigenvalue weighted by Gasteiger charge is 2.19. The fraction of sp³-hybridized carbons (Fsp3) is 0.500. The molecule has 1 fully saturated rings. The van der Waals surface area contributed by atoms with E-state index in [9.17, 15) is 4.79 Å². The number of nitrogens with one attached hydrogen (secondary N) is 1. The highest BCUT2D eigenvalue weighted by Crippen LogP contribution is 2.17. The van der Waals surface area contributed by atoms with Crippen LogP contribution in [0.15, 0.2) is 24.3 Å². The van der Waals surface area contributed by atoms with Gasteiger partial charge in [0.25, 0.3) is 0 Å². The van der Waals surface area contributed by atoms with Crippen LogP contribution in [0.4, 0.5) is 0 Å². The number of benzene rings is 1. The third-order valence-electron chi connectivity index (χ3n) is 2.54. The van der Waals surface area contributed by atoms with Gasteiger partial charge in [0.1, 0.15) is 17.5 Å². The molecule has 1 aliphatic heterocycles. The highest BCUT2D eigenvalue weighted by molar-refractivity contribution is 5.89. The molecule has 0 radical (unpaired) electrons. The van der Waals surface area contributed by atoms with Crippen molar-refractivity contribution < 1.29 is 14.3 Å². The zero-order valence-electron chi connectivity index (χ0n) is 11.0. The number of ether oxygens (including phenoxy) is 2. The molecule has 0 spiro atoms. The first-order valence-electron chi connectivity index (χ1n) is 6.15. The van der Waals surface area contributed by atoms with Gasteiger partial charge in [-0.15, -0.1) is 0 Å². The molecule has 1 aromatic rings. The standard InChI is InChI=1S/C14H19NO3/c1-14(2,3)18-13(16)10-4-6-11(7-5-10)17-12-8-15-9-12/h4-7,12,15H,8-9H2,1-3H3. The molecule has 0 aromatic heterocycles. The molecule has 18 heavy (non-hydrogen) atoms. The van der Waals surface area contributed by atoms with E-state index in [1.165, 1.54) is 0 Å². The van der Waals surface area contributed by atoms with Gasteiger partial charge in [0.15, 0.2) is 0 Å². The van der Waals surface area contributed by atoms with Crippen molar-refractivity contribution in [3.8, 4) is 5.75 Å². The number of carbonyl (C=O) groups excluding carboxylic acids is 1. The molecule has 0 amide bonds. The molecular formula is C14H19NO3. The van der Waals surface area contributed by atoms with Gasteiger partial charge in [-0.1, -0.05) is 0 Å². The van der Waals surface area contributed by atoms with Gasteiger partial charge in [0.05, 0.1) is 5.56 Å². The minimum Gasteiger partial charge on any atom is -0.488 e. The first-order chi connectivity index (χ1) is 8.44. The molecule has 98 valence electrons. The first-order valence-corrected chi connectivity index (χ1v) is 6.15. The fourth-order valence-corrected chi connectivity index (χ4v) is 1.54. The summed E-state index contributed by atoms with van der Waals surface area (Å²) in [5, 5.41) is 3.14. The normalized spacial score (nSPS) is 15.9. The van der Waals surface area contributed by atoms with Crippen LogP contribution in [0.2, 0.25) is 0 Å². The van der Waals surface area contributed by atoms with Gasteiger partial charge in [-0.25, -0.2) is 4.79 Å². The number of esters is 1. The maximum atomic E-state index is 11.8. The summed E-state index contributed by atoms with van der Waals surface area (Å²) in [6, 6.07) is 7.07. The van der Waals surface area contributed by atoms with Crippen LogP contribution in [0.5, 0.6) is 5.75 Å². The summed E-state index contributed by atoms with van der Waals surface area (Å²) >= 11 is 0. The largest absolute Gasteiger partial charge is 0.488 e. The van der Waals surface area contributed by atoms with Crippen molar-refractivity contribution in [1.29, 1.82) is 0 Å². The van der Waals surface area contributed by atoms with Gasteiger partial charge in [-0.2, -0.15) is 0 Å². The first kappa shape index (κ1) is 12.9. The van der Waals surface area contributed by atoms with Gasteiger partial charge >= 0.3 is 5.97 Å². The summed E-state index contributed by atoms with van der Waals surface area (Å²) in [5.74, 6) is 0.480. The zero-order valence-corrected chi connectivity index (χ0v) is 11.0. The molecule has 0 bridgehead atoms. The minimum absolute atomic E-state index is 0.248. The second kappa shape index (κ2) is 4.98. The molecule has 0 aliphatic carbocycles. The summed E-state index contributed by atoms with van der Waals surface area (Å²) < 4.78 is 11.0. The predicted octanol–water partition coefficient (Wildman–Crippen LogP) is 1.99. The van der Waals surface area contributed by atoms with Crippen LogP contribution in [-0.4, -0.2) is 30.8 Å². The Morgan fingerprint density at radius 1 is 1.22 bits per heavy atom. The third-order valence-corrected chi connectivity index (χ3v) is 2.54. The van der Waals surface area contributed by atoms with E-state index in [1.807, 2.05) is 20.8 Å². The Labute approximate surface area is 107 Å². The predicted molar refractivity (Wildman–Crippen MR) is 68.9 cm³/mol. The Kier molecular flexibility index (Phi) is 3.57. The van der Waals surface area contributed by atoms with Crippen molar-refractivity contribution in [2.24, 2.45) is 0 Å². The summed E-state index contributed by atoms with van der Waals surface area (Å²) in [4.78, 5) is 11.8. The smallest absolute Gasteiger partial charge is 0.338 e. The number of hydrogen-bond donors (Lipinski definition) is 1. The number of hydrogen-bond acceptors (Lipinski definition) is 4. The molecular weight excluding hydrogens is 230 g/mol. The summed E-state index contributed by atoms with van der Waals surface area (Å²) in [5.41, 5.74) is 0.0770. The Morgan fingerprint density at radius 3 is 2.28 bits per heavy atom. The van der Waals surface area contributed by atoms with Crippen molar-refractivity contribution in [3.05, 3.63) is 29.8 Å². The van der Waals surface area contributed by atoms with E-state index in [2.05, 4.69) is 5.32 Å². The quantitative estimate of drug-likeness (QED) is 0.832. The minimum atomic E-state index is -0.468. The molecule has 1 heterocycles. The molecule has 0 unspecified atom stereocenters. The average molecular weight is 249 g/mol. The molecule has 1 aliphatic rings. The lowest BCUT2D eigenvalue weighted by Gasteiger charge is -2.27. The van der Waals surface area contributed by atoms with Gasteiger partial charge in [-0.3, -0.25) is 0 Å². The third kappa shape index (κ3) is 3.47. The van der Waals surface area contributed by atoms with Crippen LogP contribution in [0.3, 0.4) is 0 Å². The molecule has 4 heteroatoms. The van der Waals surface area contributed by atoms with E-state index < -0.39 is 5.60 Å². The monoisotopic (exact) mass is 249 g/mol. The van der Waals surface area contributed by atoms with Crippen molar-refractivity contribution >= 4 is 5.97 Å². The Balaban J connectivity index is 1.96. The van der Waals surface area contributed by atoms with Gasteiger partial charge in [-0.05, 0) is 45.0 Å². The lowest BCUT2D eigenvalue weighted by atomic mass is 10.1. The molecule has 2 rings (SSSR count). The van der Waals surface area contributed by atoms with E-state index in [0.29, 0.717) is 5.56 Å². The second-order valence-corrected chi connectivity index (χ2v) is 5.42. The van der Waals surface area contributed by atoms with Crippen molar-refractivity contribution in [2.45, 2.75) is 32.5 Å². The lowest BCUT2D eigenvalue weighted by molar-refractivity contribution is 0.00695. The van der Waals surface area contributed by atoms with E-state index in [-0.39, 0.29) is 12.1 Å². The maximum Gasteiger partial charge on any atom is 0.338 e. The molecule has 1 saturated heterocycles. The SMILES string of the molecule is CC(C)(C)OC(=O)c1ccc(OC2CNC2)cc1. The van der Waals surface area contributed by atoms with E-state index in [1.54, 1.807) is 24.3 Å². The van der Waals surface area contributed by atoms with Crippen LogP contribution < -0.4 is 10.1 Å². The van der Waals surface area contributed by atoms with Crippen LogP contribution in [0.1, 0.15) is 31.1 Å². The van der Waals surface area contributed by atoms with Gasteiger partial charge < -0.3 is 14.8 Å². The van der Waals surface area contributed by atoms with Crippen LogP contribution in [0, 0.1) is 0 Å². The maximum absolute atomic E-state index is 11.8. The second-order valence-electron chi connectivity index (χ2n) is 5.42. The van der Waals surface area contributed by atoms with Gasteiger partial charge in [0.2, 0.25) is 0 Å². The summed E-state index contributed by atoms with van der Waals surface area (Å²) in [6.45, 7) is 7.32. The lowest BCUT2D eigenvalue weighted by Crippen LogP contribution is -2.50. The summed E-state index contributed by atoms with van der Waals surface area (Å²) in [7, 11) is 0. The van der Waals surface area contributed by atoms with Crippen molar-refractivity contribution in [3.63, 3.8) is 0 Å². The summed E-state index contributed by atoms with van der Waals surface area (Å²) in [6.07, 6.45) is 0.248. The van der Waals surface area contributed by atoms with E-state index in [0.717, 1.165) is 18.8 Å². The van der Waals surface area contributed by atoms with Gasteiger partial charge in [0, 0.05) is 13.1 Å². The Bertz CT molecular complexity index is 416. The average Bonchev–Trinajstić information content (AvgIpc) is 2.22. The topological polar surface area (TPSA) is 47.6 Å². The molecule has 0 saturated carbocycles. The molecule has 1 aromatic carbocycles. The van der Waals surface area contributed by atoms with Crippen LogP contribution in [0.25, 0.3) is 0 Å².